The molecule has 6 aliphatic carbocycles. The van der Waals surface area contributed by atoms with Gasteiger partial charge in [-0.05, 0) is 185 Å². The van der Waals surface area contributed by atoms with Crippen molar-refractivity contribution in [1.82, 2.24) is 60.4 Å². The number of nitrogen functional groups attached to an aromatic ring is 2. The molecule has 16 rings (SSSR count). The standard InChI is InChI=1S/2C32H34N8O6S/c1-16(31-5-8-32(9-6-31,10-7-31)28(45)46)35-26(43)20-13-21(40-29(36-20)37-38-30(40)47)27(44)34-14-17-2-3-18-4-11-39(15-19(18)12-17)23-22(33)24(41)25(23)42;1-16(31-5-8-32(9-6-31,10-7-31)28(45)46)35-27(44)21-13-20(36-29-37-38-30(47)40(21)29)26(43)34-14-17-2-3-18-4-11-39(15-19(18)12-17)23-22(33)24(41)25(23)42/h2-3,12-13,16H,4-11,14-15,33H2,1H3,(H,34,44)(H,35,43)(H,38,47)(H,45,46);2-3,12-13,16H,4-11,14-15,33H2,1H3,(H,34,43)(H,35,44)(H,38,47)(H,45,46). The van der Waals surface area contributed by atoms with Crippen LogP contribution in [0.5, 0.6) is 0 Å². The van der Waals surface area contributed by atoms with Crippen LogP contribution in [-0.4, -0.2) is 110 Å². The van der Waals surface area contributed by atoms with E-state index in [1.807, 2.05) is 60.0 Å². The predicted molar refractivity (Wildman–Crippen MR) is 347 cm³/mol. The number of carbonyl (C=O) groups is 6. The Balaban J connectivity index is 0.000000171. The second kappa shape index (κ2) is 23.6. The monoisotopic (exact) mass is 1320 g/mol. The van der Waals surface area contributed by atoms with Crippen LogP contribution in [0, 0.1) is 31.2 Å². The highest BCUT2D eigenvalue weighted by molar-refractivity contribution is 7.71. The number of benzene rings is 2. The van der Waals surface area contributed by atoms with Crippen LogP contribution in [0.4, 0.5) is 22.7 Å². The summed E-state index contributed by atoms with van der Waals surface area (Å²) in [5.74, 6) is -3.21. The summed E-state index contributed by atoms with van der Waals surface area (Å²) in [6.45, 7) is 6.22. The summed E-state index contributed by atoms with van der Waals surface area (Å²) < 4.78 is 3.07. The van der Waals surface area contributed by atoms with Crippen LogP contribution in [0.15, 0.2) is 67.7 Å². The molecule has 94 heavy (non-hydrogen) atoms. The van der Waals surface area contributed by atoms with Crippen molar-refractivity contribution in [2.24, 2.45) is 21.7 Å². The maximum Gasteiger partial charge on any atom is 0.309 e. The van der Waals surface area contributed by atoms with Crippen molar-refractivity contribution in [2.45, 2.75) is 142 Å². The summed E-state index contributed by atoms with van der Waals surface area (Å²) in [5, 5.41) is 44.9. The lowest BCUT2D eigenvalue weighted by Crippen LogP contribution is -2.54. The second-order valence-electron chi connectivity index (χ2n) is 26.4. The quantitative estimate of drug-likeness (QED) is 0.0482. The minimum absolute atomic E-state index is 0.000329. The first-order valence-electron chi connectivity index (χ1n) is 31.3. The van der Waals surface area contributed by atoms with Crippen molar-refractivity contribution in [2.75, 3.05) is 34.4 Å². The highest BCUT2D eigenvalue weighted by atomic mass is 32.1. The Hall–Kier alpha value is -9.84. The SMILES string of the molecule is CC(NC(=O)c1cc(C(=O)NCc2ccc3c(c2)CN(c2c(N)c(=O)c2=O)CC3)n2c(=S)[nH]nc2n1)C12CCC(C(=O)O)(CC1)CC2.CC(NC(=O)c1cc(C(=O)NCc2ccc3c(c2)CN(c2c(N)c(=O)c2=O)CC3)nc2n[nH]c(=S)n12)C12CCC(C(=O)O)(CC1)CC2. The molecule has 6 fully saturated rings. The van der Waals surface area contributed by atoms with E-state index >= 15 is 0 Å². The maximum atomic E-state index is 13.7. The molecule has 0 spiro atoms. The van der Waals surface area contributed by atoms with E-state index in [1.165, 1.54) is 20.9 Å². The molecule has 0 saturated heterocycles. The number of nitrogens with two attached hydrogens (primary N) is 2. The molecule has 4 bridgehead atoms. The summed E-state index contributed by atoms with van der Waals surface area (Å²) in [7, 11) is 0. The number of anilines is 4. The number of aromatic nitrogens is 8. The number of amides is 4. The number of aliphatic carboxylic acids is 2. The molecule has 4 aromatic carbocycles. The average Bonchev–Trinajstić information content (AvgIpc) is 2.75. The van der Waals surface area contributed by atoms with E-state index in [1.54, 1.807) is 0 Å². The number of nitrogens with one attached hydrogen (secondary N) is 6. The lowest BCUT2D eigenvalue weighted by Gasteiger charge is -2.54. The number of carbonyl (C=O) groups excluding carboxylic acids is 4. The van der Waals surface area contributed by atoms with Gasteiger partial charge >= 0.3 is 11.9 Å². The first kappa shape index (κ1) is 62.9. The Labute approximate surface area is 544 Å². The van der Waals surface area contributed by atoms with Crippen LogP contribution >= 0.6 is 24.4 Å². The highest BCUT2D eigenvalue weighted by Gasteiger charge is 2.56. The molecule has 8 aliphatic rings. The number of hydrogen-bond donors (Lipinski definition) is 10. The molecular weight excluding hydrogens is 1250 g/mol. The van der Waals surface area contributed by atoms with E-state index in [9.17, 15) is 58.2 Å². The normalized spacial score (nSPS) is 22.6. The molecule has 12 N–H and O–H groups in total. The Morgan fingerprint density at radius 2 is 0.915 bits per heavy atom. The molecule has 6 saturated carbocycles. The lowest BCUT2D eigenvalue weighted by molar-refractivity contribution is -0.160. The molecule has 8 aromatic rings. The van der Waals surface area contributed by atoms with E-state index < -0.39 is 68.1 Å². The van der Waals surface area contributed by atoms with Crippen molar-refractivity contribution in [1.29, 1.82) is 0 Å². The van der Waals surface area contributed by atoms with Crippen LogP contribution < -0.4 is 64.2 Å². The summed E-state index contributed by atoms with van der Waals surface area (Å²) in [4.78, 5) is 138. The molecule has 4 aromatic heterocycles. The van der Waals surface area contributed by atoms with Crippen LogP contribution in [0.3, 0.4) is 0 Å². The minimum atomic E-state index is -0.732. The molecule has 4 amide bonds. The van der Waals surface area contributed by atoms with Crippen LogP contribution in [-0.2, 0) is 48.6 Å². The molecule has 28 nitrogen and oxygen atoms in total. The number of carboxylic acids is 2. The van der Waals surface area contributed by atoms with Gasteiger partial charge in [0, 0.05) is 51.4 Å². The lowest BCUT2D eigenvalue weighted by atomic mass is 9.52. The van der Waals surface area contributed by atoms with Gasteiger partial charge in [-0.1, -0.05) is 36.4 Å². The zero-order valence-corrected chi connectivity index (χ0v) is 53.1. The van der Waals surface area contributed by atoms with E-state index in [-0.39, 0.29) is 103 Å². The van der Waals surface area contributed by atoms with Gasteiger partial charge in [0.15, 0.2) is 0 Å². The fourth-order valence-corrected chi connectivity index (χ4v) is 15.9. The van der Waals surface area contributed by atoms with Gasteiger partial charge in [-0.25, -0.2) is 29.0 Å². The molecule has 0 radical (unpaired) electrons. The highest BCUT2D eigenvalue weighted by Crippen LogP contribution is 2.59. The molecule has 488 valence electrons. The summed E-state index contributed by atoms with van der Waals surface area (Å²) in [6.07, 6.45) is 9.25. The van der Waals surface area contributed by atoms with Gasteiger partial charge in [0.2, 0.25) is 9.54 Å². The Kier molecular flexibility index (Phi) is 15.8. The Morgan fingerprint density at radius 1 is 0.532 bits per heavy atom. The zero-order valence-electron chi connectivity index (χ0n) is 51.4. The van der Waals surface area contributed by atoms with E-state index in [2.05, 4.69) is 51.6 Å². The van der Waals surface area contributed by atoms with E-state index in [0.29, 0.717) is 77.5 Å². The average molecular weight is 1320 g/mol. The van der Waals surface area contributed by atoms with Crippen LogP contribution in [0.25, 0.3) is 11.6 Å². The number of nitrogens with zero attached hydrogens (tertiary/aromatic N) is 8. The Bertz CT molecular complexity index is 4770. The van der Waals surface area contributed by atoms with Gasteiger partial charge in [-0.3, -0.25) is 47.9 Å². The molecule has 2 atom stereocenters. The first-order chi connectivity index (χ1) is 44.8. The zero-order chi connectivity index (χ0) is 66.5. The summed E-state index contributed by atoms with van der Waals surface area (Å²) in [6, 6.07) is 14.0. The molecule has 2 unspecified atom stereocenters. The summed E-state index contributed by atoms with van der Waals surface area (Å²) in [5.41, 5.74) is 14.0. The largest absolute Gasteiger partial charge is 0.481 e. The molecule has 30 heteroatoms. The Morgan fingerprint density at radius 3 is 1.32 bits per heavy atom. The van der Waals surface area contributed by atoms with Gasteiger partial charge in [-0.2, -0.15) is 0 Å². The van der Waals surface area contributed by atoms with Gasteiger partial charge in [0.05, 0.1) is 10.8 Å². The number of hydrogen-bond acceptors (Lipinski definition) is 20. The molecule has 2 aliphatic heterocycles. The van der Waals surface area contributed by atoms with Crippen molar-refractivity contribution in [3.05, 3.63) is 155 Å². The molecule has 6 heterocycles. The predicted octanol–water partition coefficient (Wildman–Crippen LogP) is 4.00. The van der Waals surface area contributed by atoms with Crippen LogP contribution in [0.1, 0.15) is 166 Å². The minimum Gasteiger partial charge on any atom is -0.481 e. The summed E-state index contributed by atoms with van der Waals surface area (Å²) >= 11 is 10.7. The second-order valence-corrected chi connectivity index (χ2v) is 27.2. The number of fused-ring (bicyclic) bond motifs is 10. The first-order valence-corrected chi connectivity index (χ1v) is 32.1. The topological polar surface area (TPSA) is 410 Å². The third-order valence-corrected chi connectivity index (χ3v) is 22.3. The molecular formula is C64H68N16O12S2. The van der Waals surface area contributed by atoms with Gasteiger partial charge in [-0.15, -0.1) is 10.2 Å². The number of aromatic amines is 2. The van der Waals surface area contributed by atoms with E-state index in [4.69, 9.17) is 35.9 Å². The maximum absolute atomic E-state index is 13.7. The fraction of sp³-hybridized carbons (Fsp3) is 0.438. The number of rotatable bonds is 16. The van der Waals surface area contributed by atoms with Gasteiger partial charge in [0.25, 0.3) is 56.9 Å². The van der Waals surface area contributed by atoms with Crippen molar-refractivity contribution < 1.29 is 39.0 Å². The van der Waals surface area contributed by atoms with Gasteiger partial charge in [0.1, 0.15) is 45.5 Å². The smallest absolute Gasteiger partial charge is 0.309 e. The third-order valence-electron chi connectivity index (χ3n) is 21.7. The van der Waals surface area contributed by atoms with Crippen molar-refractivity contribution in [3.8, 4) is 0 Å². The van der Waals surface area contributed by atoms with Crippen molar-refractivity contribution >= 4 is 94.3 Å². The fourth-order valence-electron chi connectivity index (χ4n) is 15.4. The number of carboxylic acid groups (broad SMARTS) is 2. The van der Waals surface area contributed by atoms with Crippen LogP contribution in [0.2, 0.25) is 0 Å². The van der Waals surface area contributed by atoms with Crippen molar-refractivity contribution in [3.63, 3.8) is 0 Å². The third kappa shape index (κ3) is 10.8. The van der Waals surface area contributed by atoms with E-state index in [0.717, 1.165) is 71.9 Å². The number of H-pyrrole nitrogens is 2. The van der Waals surface area contributed by atoms with Gasteiger partial charge < -0.3 is 52.7 Å².